The summed E-state index contributed by atoms with van der Waals surface area (Å²) in [5.41, 5.74) is 22.3. The molecule has 0 saturated carbocycles. The lowest BCUT2D eigenvalue weighted by molar-refractivity contribution is 0.591. The van der Waals surface area contributed by atoms with Crippen molar-refractivity contribution in [2.24, 2.45) is 14.1 Å². The van der Waals surface area contributed by atoms with Gasteiger partial charge in [-0.25, -0.2) is 44.9 Å². The number of rotatable bonds is 0. The van der Waals surface area contributed by atoms with Gasteiger partial charge in [0, 0.05) is 168 Å². The highest BCUT2D eigenvalue weighted by Gasteiger charge is 2.23. The minimum absolute atomic E-state index is 0. The molecule has 0 fully saturated rings. The monoisotopic (exact) mass is 1740 g/mol. The molecule has 129 heavy (non-hydrogen) atoms. The number of nitrogens with zero attached hydrogens (tertiary/aromatic N) is 24. The third kappa shape index (κ3) is 22.8. The molecule has 1 N–H and O–H groups in total. The van der Waals surface area contributed by atoms with Crippen LogP contribution in [0.1, 0.15) is 116 Å². The number of furan rings is 1. The predicted octanol–water partition coefficient (Wildman–Crippen LogP) is 23.3. The number of aromatic nitrogens is 20. The Morgan fingerprint density at radius 1 is 0.333 bits per heavy atom. The van der Waals surface area contributed by atoms with Gasteiger partial charge in [0.25, 0.3) is 0 Å². The Balaban J connectivity index is 0.000000220. The maximum atomic E-state index is 5.19. The van der Waals surface area contributed by atoms with Crippen molar-refractivity contribution in [3.05, 3.63) is 279 Å². The van der Waals surface area contributed by atoms with Gasteiger partial charge in [0.05, 0.1) is 79.5 Å². The highest BCUT2D eigenvalue weighted by atomic mass is 16.3. The second-order valence-electron chi connectivity index (χ2n) is 30.1. The van der Waals surface area contributed by atoms with Crippen molar-refractivity contribution >= 4 is 135 Å². The zero-order valence-electron chi connectivity index (χ0n) is 69.1. The number of likely N-dealkylation sites (N-methyl/N-ethyl adjacent to an activating group) is 3. The summed E-state index contributed by atoms with van der Waals surface area (Å²) >= 11 is 0. The van der Waals surface area contributed by atoms with Gasteiger partial charge in [0.1, 0.15) is 16.9 Å². The van der Waals surface area contributed by atoms with Gasteiger partial charge in [-0.1, -0.05) is 165 Å². The molecule has 6 aromatic carbocycles. The summed E-state index contributed by atoms with van der Waals surface area (Å²) < 4.78 is 20.1. The van der Waals surface area contributed by atoms with Gasteiger partial charge in [-0.3, -0.25) is 23.6 Å². The van der Waals surface area contributed by atoms with E-state index in [1.54, 1.807) is 29.7 Å². The number of benzene rings is 6. The molecular weight excluding hydrogens is 1600 g/mol. The second kappa shape index (κ2) is 47.3. The zero-order chi connectivity index (χ0) is 81.9. The Kier molecular flexibility index (Phi) is 38.0. The summed E-state index contributed by atoms with van der Waals surface area (Å²) in [6.45, 7) is 15.8. The van der Waals surface area contributed by atoms with Crippen LogP contribution < -0.4 is 24.5 Å². The van der Waals surface area contributed by atoms with E-state index < -0.39 is 0 Å². The Morgan fingerprint density at radius 2 is 0.791 bits per heavy atom. The zero-order valence-corrected chi connectivity index (χ0v) is 69.1. The number of hydrogen-bond donors (Lipinski definition) is 1. The van der Waals surface area contributed by atoms with E-state index in [0.29, 0.717) is 0 Å². The standard InChI is InChI=1S/C12H15N3.C11H13N3.C10H11N3.C10H9N3.C10H9N.C9H10N4.C8H10N2.C8H8N2.C8H7NO.C7H7N3.10CH4/c1-14-8-4-5-9-15-11-7-3-2-6-10(11)13-12(14)15;1-13-7-4-8-14-10-6-3-2-5-9(10)12-11(13)14;2*1-12-6-7-13-9-5-3-2-4-8(9)11-10(12)13;1-8-4-2-5-9-6-3-7-11-10(8)9;1-12-5-6-13-8-7(11-9(12)13)3-2-4-10-8;1-10-6-4-7-3-2-5-9-8(7)10;1-6-3-2-4-7-8(6)10-5-9-7;1-6-5-10-7-3-2-4-9-8(6)7;1-10-7-6(5-9-10)3-2-4-8-7;;;;;;;;;;/h2-3,6-7H,4-5,8-9H2,1H3;2-3,5-6H,4,7-8H2,1H3;2-5H,6-7H2,1H3;2-7H,1H3;2-7H,1H3;2-4H,5-6H2,1H3;2-3,5H,4,6H2,1H3;2-5H,1H3,(H,9,10);2*2-5H,1H3;10*1H4. The largest absolute Gasteiger partial charge is 0.462 e. The van der Waals surface area contributed by atoms with E-state index in [2.05, 4.69) is 264 Å². The van der Waals surface area contributed by atoms with Crippen LogP contribution in [0.3, 0.4) is 0 Å². The summed E-state index contributed by atoms with van der Waals surface area (Å²) in [6, 6.07) is 65.3. The van der Waals surface area contributed by atoms with Crippen molar-refractivity contribution in [1.29, 1.82) is 0 Å². The van der Waals surface area contributed by atoms with Crippen molar-refractivity contribution in [1.82, 2.24) is 96.8 Å². The molecule has 19 heterocycles. The summed E-state index contributed by atoms with van der Waals surface area (Å²) in [5.74, 6) is 6.50. The van der Waals surface area contributed by atoms with Crippen molar-refractivity contribution < 1.29 is 4.42 Å². The molecule has 0 spiro atoms. The molecule has 0 atom stereocenters. The molecule has 5 aliphatic heterocycles. The van der Waals surface area contributed by atoms with Crippen molar-refractivity contribution in [3.8, 4) is 0 Å². The summed E-state index contributed by atoms with van der Waals surface area (Å²) in [7, 11) is 14.4. The molecule has 25 rings (SSSR count). The lowest BCUT2D eigenvalue weighted by atomic mass is 10.1. The van der Waals surface area contributed by atoms with Crippen LogP contribution in [0, 0.1) is 20.8 Å². The molecule has 0 radical (unpaired) electrons. The molecule has 0 aliphatic carbocycles. The Morgan fingerprint density at radius 3 is 1.39 bits per heavy atom. The van der Waals surface area contributed by atoms with Crippen molar-refractivity contribution in [3.63, 3.8) is 0 Å². The van der Waals surface area contributed by atoms with Crippen LogP contribution in [-0.4, -0.2) is 165 Å². The van der Waals surface area contributed by atoms with Crippen LogP contribution in [0.4, 0.5) is 29.6 Å². The SMILES string of the molecule is C.C.C.C.C.C.C.C.C.C.CN1CCCCn2c1nc1ccccc12.CN1CCCn2c1nc1ccccc12.CN1CCc2cccnc21.CN1CCn2c1nc1ccccc12.CN1CCn2c1nc1cccnc12.Cc1cccc2[nH]cnc12.Cc1cccc2cccnc12.Cc1coc2cccnc12.Cn1ccn2c3ccccc3nc12.Cn1ncc2cccnc21. The Bertz CT molecular complexity index is 6640. The van der Waals surface area contributed by atoms with Crippen molar-refractivity contribution in [2.75, 3.05) is 92.5 Å². The van der Waals surface area contributed by atoms with Gasteiger partial charge >= 0.3 is 0 Å². The first-order chi connectivity index (χ1) is 58.2. The number of pyridine rings is 5. The molecule has 682 valence electrons. The van der Waals surface area contributed by atoms with Crippen LogP contribution in [-0.2, 0) is 46.7 Å². The van der Waals surface area contributed by atoms with Crippen LogP contribution in [0.15, 0.2) is 261 Å². The summed E-state index contributed by atoms with van der Waals surface area (Å²) in [4.78, 5) is 62.3. The molecule has 26 nitrogen and oxygen atoms in total. The van der Waals surface area contributed by atoms with Gasteiger partial charge in [-0.2, -0.15) is 5.10 Å². The van der Waals surface area contributed by atoms with Crippen LogP contribution in [0.25, 0.3) is 105 Å². The number of aromatic amines is 1. The highest BCUT2D eigenvalue weighted by molar-refractivity contribution is 5.84. The molecule has 0 saturated heterocycles. The first-order valence-corrected chi connectivity index (χ1v) is 40.4. The second-order valence-corrected chi connectivity index (χ2v) is 30.1. The number of hydrogen-bond acceptors (Lipinski definition) is 18. The fourth-order valence-corrected chi connectivity index (χ4v) is 15.5. The molecule has 20 aromatic rings. The van der Waals surface area contributed by atoms with Crippen molar-refractivity contribution in [2.45, 2.75) is 147 Å². The highest BCUT2D eigenvalue weighted by Crippen LogP contribution is 2.30. The van der Waals surface area contributed by atoms with Gasteiger partial charge in [-0.15, -0.1) is 0 Å². The van der Waals surface area contributed by atoms with E-state index in [-0.39, 0.29) is 74.3 Å². The predicted molar refractivity (Wildman–Crippen MR) is 548 cm³/mol. The Hall–Kier alpha value is -14.3. The number of aryl methyl sites for hydroxylation is 7. The smallest absolute Gasteiger partial charge is 0.214 e. The number of nitrogens with one attached hydrogen (secondary N) is 1. The summed E-state index contributed by atoms with van der Waals surface area (Å²) in [5, 5.41) is 6.35. The quantitative estimate of drug-likeness (QED) is 0.149. The lowest BCUT2D eigenvalue weighted by Gasteiger charge is -2.24. The third-order valence-corrected chi connectivity index (χ3v) is 21.8. The van der Waals surface area contributed by atoms with Crippen LogP contribution in [0.5, 0.6) is 0 Å². The van der Waals surface area contributed by atoms with Crippen LogP contribution >= 0.6 is 0 Å². The number of anilines is 5. The molecule has 26 heteroatoms. The van der Waals surface area contributed by atoms with E-state index in [9.17, 15) is 0 Å². The maximum absolute atomic E-state index is 5.19. The topological polar surface area (TPSA) is 234 Å². The van der Waals surface area contributed by atoms with E-state index >= 15 is 0 Å². The molecule has 14 aromatic heterocycles. The molecule has 0 amide bonds. The molecule has 0 bridgehead atoms. The first kappa shape index (κ1) is 103. The summed E-state index contributed by atoms with van der Waals surface area (Å²) in [6.07, 6.45) is 23.2. The van der Waals surface area contributed by atoms with E-state index in [1.165, 1.54) is 57.9 Å². The van der Waals surface area contributed by atoms with Gasteiger partial charge in [-0.05, 0) is 166 Å². The number of para-hydroxylation sites is 10. The Labute approximate surface area is 763 Å². The minimum Gasteiger partial charge on any atom is -0.462 e. The van der Waals surface area contributed by atoms with Crippen LogP contribution in [0.2, 0.25) is 0 Å². The van der Waals surface area contributed by atoms with Gasteiger partial charge < -0.3 is 52.2 Å². The first-order valence-electron chi connectivity index (χ1n) is 40.4. The minimum atomic E-state index is 0. The van der Waals surface area contributed by atoms with Gasteiger partial charge in [0.15, 0.2) is 16.9 Å². The van der Waals surface area contributed by atoms with Gasteiger partial charge in [0.2, 0.25) is 29.6 Å². The normalized spacial score (nSPS) is 12.4. The molecular formula is C103H139N25O. The molecule has 5 aliphatic rings. The van der Waals surface area contributed by atoms with E-state index in [0.717, 1.165) is 184 Å². The lowest BCUT2D eigenvalue weighted by Crippen LogP contribution is -2.28. The number of H-pyrrole nitrogens is 1. The van der Waals surface area contributed by atoms with E-state index in [4.69, 9.17) is 4.42 Å². The molecule has 0 unspecified atom stereocenters. The number of fused-ring (bicyclic) bond motifs is 20. The fraction of sp³-hybridized carbons (Fsp3) is 0.320. The average molecular weight is 1740 g/mol. The number of imidazole rings is 7. The average Bonchev–Trinajstić information content (AvgIpc) is 1.66. The fourth-order valence-electron chi connectivity index (χ4n) is 15.5. The van der Waals surface area contributed by atoms with E-state index in [1.807, 2.05) is 154 Å². The third-order valence-electron chi connectivity index (χ3n) is 21.8. The maximum Gasteiger partial charge on any atom is 0.214 e.